The van der Waals surface area contributed by atoms with Crippen LogP contribution in [0.15, 0.2) is 18.3 Å². The van der Waals surface area contributed by atoms with Crippen LogP contribution >= 0.6 is 0 Å². The van der Waals surface area contributed by atoms with E-state index in [4.69, 9.17) is 9.84 Å². The lowest BCUT2D eigenvalue weighted by Gasteiger charge is -2.19. The normalized spacial score (nSPS) is 15.3. The molecule has 1 fully saturated rings. The van der Waals surface area contributed by atoms with Gasteiger partial charge in [0.2, 0.25) is 11.8 Å². The Morgan fingerprint density at radius 1 is 1.45 bits per heavy atom. The SMILES string of the molecule is CC(C)NC(=O)C1(NC(=O)c2ccnc(OCCO)c2)CC1. The second-order valence-electron chi connectivity index (χ2n) is 5.62. The Labute approximate surface area is 129 Å². The minimum Gasteiger partial charge on any atom is -0.475 e. The van der Waals surface area contributed by atoms with Gasteiger partial charge in [-0.05, 0) is 32.8 Å². The van der Waals surface area contributed by atoms with Crippen molar-refractivity contribution < 1.29 is 19.4 Å². The molecule has 0 bridgehead atoms. The summed E-state index contributed by atoms with van der Waals surface area (Å²) in [5.41, 5.74) is -0.428. The minimum atomic E-state index is -0.795. The third-order valence-electron chi connectivity index (χ3n) is 3.30. The van der Waals surface area contributed by atoms with Gasteiger partial charge in [0, 0.05) is 23.9 Å². The Kier molecular flexibility index (Phi) is 4.97. The number of carbonyl (C=O) groups is 2. The standard InChI is InChI=1S/C15H21N3O4/c1-10(2)17-14(21)15(4-5-15)18-13(20)11-3-6-16-12(9-11)22-8-7-19/h3,6,9-10,19H,4-5,7-8H2,1-2H3,(H,17,21)(H,18,20). The van der Waals surface area contributed by atoms with E-state index < -0.39 is 5.54 Å². The average Bonchev–Trinajstić information content (AvgIpc) is 3.25. The van der Waals surface area contributed by atoms with Crippen molar-refractivity contribution in [2.75, 3.05) is 13.2 Å². The van der Waals surface area contributed by atoms with E-state index in [-0.39, 0.29) is 36.9 Å². The van der Waals surface area contributed by atoms with Crippen molar-refractivity contribution >= 4 is 11.8 Å². The third-order valence-corrected chi connectivity index (χ3v) is 3.30. The molecule has 2 amide bonds. The van der Waals surface area contributed by atoms with Gasteiger partial charge in [-0.3, -0.25) is 9.59 Å². The predicted molar refractivity (Wildman–Crippen MR) is 79.5 cm³/mol. The maximum absolute atomic E-state index is 12.3. The summed E-state index contributed by atoms with van der Waals surface area (Å²) in [5.74, 6) is -0.229. The molecule has 1 aliphatic rings. The first-order chi connectivity index (χ1) is 10.5. The van der Waals surface area contributed by atoms with Crippen molar-refractivity contribution in [3.63, 3.8) is 0 Å². The predicted octanol–water partition coefficient (Wildman–Crippen LogP) is 0.240. The molecule has 0 spiro atoms. The number of pyridine rings is 1. The molecule has 1 saturated carbocycles. The summed E-state index contributed by atoms with van der Waals surface area (Å²) in [4.78, 5) is 28.4. The Balaban J connectivity index is 2.01. The molecular weight excluding hydrogens is 286 g/mol. The first-order valence-corrected chi connectivity index (χ1v) is 7.30. The molecule has 7 heteroatoms. The van der Waals surface area contributed by atoms with Gasteiger partial charge in [-0.1, -0.05) is 0 Å². The Morgan fingerprint density at radius 2 is 2.18 bits per heavy atom. The molecule has 0 aromatic carbocycles. The van der Waals surface area contributed by atoms with Crippen molar-refractivity contribution in [3.05, 3.63) is 23.9 Å². The lowest BCUT2D eigenvalue weighted by Crippen LogP contribution is -2.50. The minimum absolute atomic E-state index is 0.0290. The average molecular weight is 307 g/mol. The van der Waals surface area contributed by atoms with Gasteiger partial charge in [0.15, 0.2) is 0 Å². The van der Waals surface area contributed by atoms with Gasteiger partial charge < -0.3 is 20.5 Å². The highest BCUT2D eigenvalue weighted by atomic mass is 16.5. The zero-order valence-corrected chi connectivity index (χ0v) is 12.8. The van der Waals surface area contributed by atoms with Crippen LogP contribution in [0.1, 0.15) is 37.0 Å². The lowest BCUT2D eigenvalue weighted by molar-refractivity contribution is -0.124. The van der Waals surface area contributed by atoms with Crippen LogP contribution in [0, 0.1) is 0 Å². The second kappa shape index (κ2) is 6.74. The Hall–Kier alpha value is -2.15. The van der Waals surface area contributed by atoms with E-state index in [1.165, 1.54) is 12.3 Å². The molecular formula is C15H21N3O4. The summed E-state index contributed by atoms with van der Waals surface area (Å²) < 4.78 is 5.17. The number of carbonyl (C=O) groups excluding carboxylic acids is 2. The molecule has 2 rings (SSSR count). The summed E-state index contributed by atoms with van der Waals surface area (Å²) in [6.07, 6.45) is 2.72. The fourth-order valence-electron chi connectivity index (χ4n) is 2.00. The van der Waals surface area contributed by atoms with Crippen molar-refractivity contribution in [2.24, 2.45) is 0 Å². The van der Waals surface area contributed by atoms with Crippen molar-refractivity contribution in [1.82, 2.24) is 15.6 Å². The number of hydrogen-bond acceptors (Lipinski definition) is 5. The third kappa shape index (κ3) is 3.94. The summed E-state index contributed by atoms with van der Waals surface area (Å²) >= 11 is 0. The van der Waals surface area contributed by atoms with Gasteiger partial charge in [-0.15, -0.1) is 0 Å². The van der Waals surface area contributed by atoms with E-state index in [2.05, 4.69) is 15.6 Å². The Bertz CT molecular complexity index is 555. The molecule has 0 aliphatic heterocycles. The molecule has 0 atom stereocenters. The number of hydrogen-bond donors (Lipinski definition) is 3. The van der Waals surface area contributed by atoms with E-state index in [9.17, 15) is 9.59 Å². The van der Waals surface area contributed by atoms with Gasteiger partial charge in [0.1, 0.15) is 12.1 Å². The van der Waals surface area contributed by atoms with Gasteiger partial charge in [-0.2, -0.15) is 0 Å². The zero-order chi connectivity index (χ0) is 16.2. The first kappa shape index (κ1) is 16.2. The highest BCUT2D eigenvalue weighted by Gasteiger charge is 2.51. The smallest absolute Gasteiger partial charge is 0.252 e. The molecule has 22 heavy (non-hydrogen) atoms. The Morgan fingerprint density at radius 3 is 2.77 bits per heavy atom. The largest absolute Gasteiger partial charge is 0.475 e. The summed E-state index contributed by atoms with van der Waals surface area (Å²) in [7, 11) is 0. The number of rotatable bonds is 7. The number of amides is 2. The van der Waals surface area contributed by atoms with Crippen molar-refractivity contribution in [1.29, 1.82) is 0 Å². The number of aromatic nitrogens is 1. The topological polar surface area (TPSA) is 101 Å². The highest BCUT2D eigenvalue weighted by Crippen LogP contribution is 2.36. The highest BCUT2D eigenvalue weighted by molar-refractivity contribution is 6.00. The van der Waals surface area contributed by atoms with E-state index in [1.807, 2.05) is 13.8 Å². The number of aliphatic hydroxyl groups is 1. The van der Waals surface area contributed by atoms with Crippen LogP contribution in [0.3, 0.4) is 0 Å². The van der Waals surface area contributed by atoms with E-state index >= 15 is 0 Å². The number of aliphatic hydroxyl groups excluding tert-OH is 1. The van der Waals surface area contributed by atoms with Crippen LogP contribution in [-0.4, -0.2) is 46.7 Å². The van der Waals surface area contributed by atoms with Gasteiger partial charge in [0.05, 0.1) is 6.61 Å². The number of ether oxygens (including phenoxy) is 1. The van der Waals surface area contributed by atoms with Gasteiger partial charge in [0.25, 0.3) is 5.91 Å². The quantitative estimate of drug-likeness (QED) is 0.670. The number of nitrogens with zero attached hydrogens (tertiary/aromatic N) is 1. The van der Waals surface area contributed by atoms with Gasteiger partial charge >= 0.3 is 0 Å². The second-order valence-corrected chi connectivity index (χ2v) is 5.62. The van der Waals surface area contributed by atoms with E-state index in [1.54, 1.807) is 6.07 Å². The van der Waals surface area contributed by atoms with E-state index in [0.29, 0.717) is 18.4 Å². The van der Waals surface area contributed by atoms with Crippen LogP contribution in [0.25, 0.3) is 0 Å². The maximum atomic E-state index is 12.3. The molecule has 1 aromatic heterocycles. The fourth-order valence-corrected chi connectivity index (χ4v) is 2.00. The van der Waals surface area contributed by atoms with Crippen LogP contribution < -0.4 is 15.4 Å². The van der Waals surface area contributed by atoms with E-state index in [0.717, 1.165) is 0 Å². The number of nitrogens with one attached hydrogen (secondary N) is 2. The molecule has 0 radical (unpaired) electrons. The maximum Gasteiger partial charge on any atom is 0.252 e. The molecule has 1 aromatic rings. The fraction of sp³-hybridized carbons (Fsp3) is 0.533. The zero-order valence-electron chi connectivity index (χ0n) is 12.8. The molecule has 3 N–H and O–H groups in total. The molecule has 0 unspecified atom stereocenters. The first-order valence-electron chi connectivity index (χ1n) is 7.30. The molecule has 1 heterocycles. The van der Waals surface area contributed by atoms with Crippen molar-refractivity contribution in [2.45, 2.75) is 38.3 Å². The molecule has 0 saturated heterocycles. The summed E-state index contributed by atoms with van der Waals surface area (Å²) in [6, 6.07) is 3.07. The monoisotopic (exact) mass is 307 g/mol. The van der Waals surface area contributed by atoms with Gasteiger partial charge in [-0.25, -0.2) is 4.98 Å². The molecule has 7 nitrogen and oxygen atoms in total. The van der Waals surface area contributed by atoms with Crippen LogP contribution in [0.4, 0.5) is 0 Å². The van der Waals surface area contributed by atoms with Crippen LogP contribution in [0.2, 0.25) is 0 Å². The van der Waals surface area contributed by atoms with Crippen LogP contribution in [-0.2, 0) is 4.79 Å². The molecule has 1 aliphatic carbocycles. The van der Waals surface area contributed by atoms with Crippen molar-refractivity contribution in [3.8, 4) is 5.88 Å². The van der Waals surface area contributed by atoms with Crippen LogP contribution in [0.5, 0.6) is 5.88 Å². The lowest BCUT2D eigenvalue weighted by atomic mass is 10.2. The molecule has 120 valence electrons. The summed E-state index contributed by atoms with van der Waals surface area (Å²) in [6.45, 7) is 3.74. The summed E-state index contributed by atoms with van der Waals surface area (Å²) in [5, 5.41) is 14.3.